The highest BCUT2D eigenvalue weighted by Gasteiger charge is 2.48. The fraction of sp³-hybridized carbons (Fsp3) is 0.250. The van der Waals surface area contributed by atoms with Crippen molar-refractivity contribution in [2.75, 3.05) is 0 Å². The summed E-state index contributed by atoms with van der Waals surface area (Å²) in [7, 11) is -3.74. The number of carboxylic acid groups (broad SMARTS) is 1. The van der Waals surface area contributed by atoms with Crippen molar-refractivity contribution in [3.05, 3.63) is 101 Å². The molecular formula is C28H26FNO4S. The molecule has 5 nitrogen and oxygen atoms in total. The maximum atomic E-state index is 14.3. The lowest BCUT2D eigenvalue weighted by Crippen LogP contribution is -2.34. The van der Waals surface area contributed by atoms with Crippen molar-refractivity contribution in [1.82, 2.24) is 3.97 Å². The van der Waals surface area contributed by atoms with Crippen LogP contribution in [-0.4, -0.2) is 23.5 Å². The minimum Gasteiger partial charge on any atom is -0.481 e. The van der Waals surface area contributed by atoms with Crippen LogP contribution in [0.25, 0.3) is 10.9 Å². The van der Waals surface area contributed by atoms with Crippen LogP contribution in [0.1, 0.15) is 47.4 Å². The van der Waals surface area contributed by atoms with Crippen LogP contribution in [0.4, 0.5) is 4.39 Å². The van der Waals surface area contributed by atoms with Crippen LogP contribution in [0.5, 0.6) is 0 Å². The highest BCUT2D eigenvalue weighted by atomic mass is 32.2. The van der Waals surface area contributed by atoms with Crippen LogP contribution in [-0.2, 0) is 20.2 Å². The second-order valence-corrected chi connectivity index (χ2v) is 11.3. The molecule has 2 unspecified atom stereocenters. The smallest absolute Gasteiger partial charge is 0.314 e. The van der Waals surface area contributed by atoms with Crippen molar-refractivity contribution in [3.8, 4) is 0 Å². The van der Waals surface area contributed by atoms with E-state index in [0.29, 0.717) is 35.9 Å². The Labute approximate surface area is 203 Å². The first-order chi connectivity index (χ1) is 16.6. The molecule has 1 fully saturated rings. The van der Waals surface area contributed by atoms with E-state index < -0.39 is 27.2 Å². The summed E-state index contributed by atoms with van der Waals surface area (Å²) < 4.78 is 41.9. The van der Waals surface area contributed by atoms with Gasteiger partial charge in [0.25, 0.3) is 10.0 Å². The summed E-state index contributed by atoms with van der Waals surface area (Å²) in [4.78, 5) is 12.7. The van der Waals surface area contributed by atoms with E-state index in [1.54, 1.807) is 61.7 Å². The number of nitrogens with zero attached hydrogens (tertiary/aromatic N) is 1. The number of hydrogen-bond acceptors (Lipinski definition) is 3. The van der Waals surface area contributed by atoms with Gasteiger partial charge in [-0.2, -0.15) is 0 Å². The molecule has 1 saturated carbocycles. The molecule has 35 heavy (non-hydrogen) atoms. The summed E-state index contributed by atoms with van der Waals surface area (Å²) in [5.74, 6) is -1.37. The lowest BCUT2D eigenvalue weighted by molar-refractivity contribution is -0.143. The molecule has 0 bridgehead atoms. The van der Waals surface area contributed by atoms with Gasteiger partial charge in [0.15, 0.2) is 0 Å². The van der Waals surface area contributed by atoms with E-state index in [-0.39, 0.29) is 10.8 Å². The fourth-order valence-corrected chi connectivity index (χ4v) is 6.79. The van der Waals surface area contributed by atoms with Crippen LogP contribution >= 0.6 is 0 Å². The number of fused-ring (bicyclic) bond motifs is 1. The molecule has 3 aromatic carbocycles. The zero-order valence-corrected chi connectivity index (χ0v) is 20.3. The Kier molecular flexibility index (Phi) is 5.55. The summed E-state index contributed by atoms with van der Waals surface area (Å²) in [5.41, 5.74) is 2.27. The number of aliphatic carboxylic acids is 1. The highest BCUT2D eigenvalue weighted by molar-refractivity contribution is 7.90. The average Bonchev–Trinajstić information content (AvgIpc) is 3.47. The van der Waals surface area contributed by atoms with Gasteiger partial charge in [-0.05, 0) is 92.1 Å². The molecule has 1 aromatic heterocycles. The summed E-state index contributed by atoms with van der Waals surface area (Å²) >= 11 is 0. The molecule has 0 amide bonds. The molecule has 4 aromatic rings. The van der Waals surface area contributed by atoms with Crippen LogP contribution in [0.3, 0.4) is 0 Å². The standard InChI is InChI=1S/C28H26FNO4S/c1-18-6-9-23(10-7-18)35(33,34)30-15-13-21-16-20(8-11-26(21)30)22-12-14-28(17-22,27(31)32)24-4-3-5-25(29)19(24)2/h3-11,13,15-16,22H,12,14,17H2,1-2H3,(H,31,32). The Morgan fingerprint density at radius 1 is 1.06 bits per heavy atom. The number of hydrogen-bond donors (Lipinski definition) is 1. The molecule has 2 atom stereocenters. The van der Waals surface area contributed by atoms with Gasteiger partial charge in [0.2, 0.25) is 0 Å². The van der Waals surface area contributed by atoms with E-state index in [1.165, 1.54) is 10.0 Å². The Balaban J connectivity index is 1.50. The topological polar surface area (TPSA) is 76.4 Å². The van der Waals surface area contributed by atoms with Crippen LogP contribution in [0.15, 0.2) is 77.8 Å². The predicted molar refractivity (Wildman–Crippen MR) is 133 cm³/mol. The van der Waals surface area contributed by atoms with Gasteiger partial charge >= 0.3 is 5.97 Å². The van der Waals surface area contributed by atoms with Crippen molar-refractivity contribution in [2.24, 2.45) is 0 Å². The van der Waals surface area contributed by atoms with E-state index >= 15 is 0 Å². The van der Waals surface area contributed by atoms with E-state index in [4.69, 9.17) is 0 Å². The highest BCUT2D eigenvalue weighted by Crippen LogP contribution is 2.50. The van der Waals surface area contributed by atoms with Gasteiger partial charge < -0.3 is 5.11 Å². The average molecular weight is 492 g/mol. The molecule has 0 radical (unpaired) electrons. The van der Waals surface area contributed by atoms with Crippen molar-refractivity contribution in [1.29, 1.82) is 0 Å². The van der Waals surface area contributed by atoms with Gasteiger partial charge in [-0.3, -0.25) is 4.79 Å². The number of benzene rings is 3. The van der Waals surface area contributed by atoms with E-state index in [9.17, 15) is 22.7 Å². The van der Waals surface area contributed by atoms with E-state index in [0.717, 1.165) is 16.5 Å². The Bertz CT molecular complexity index is 1560. The number of aryl methyl sites for hydroxylation is 1. The lowest BCUT2D eigenvalue weighted by Gasteiger charge is -2.27. The number of carboxylic acids is 1. The maximum Gasteiger partial charge on any atom is 0.314 e. The molecule has 0 aliphatic heterocycles. The first-order valence-electron chi connectivity index (χ1n) is 11.6. The third-order valence-electron chi connectivity index (χ3n) is 7.43. The Hall–Kier alpha value is -3.45. The van der Waals surface area contributed by atoms with E-state index in [1.807, 2.05) is 19.1 Å². The summed E-state index contributed by atoms with van der Waals surface area (Å²) in [6, 6.07) is 18.7. The van der Waals surface area contributed by atoms with Crippen molar-refractivity contribution in [3.63, 3.8) is 0 Å². The monoisotopic (exact) mass is 491 g/mol. The lowest BCUT2D eigenvalue weighted by atomic mass is 9.75. The number of carbonyl (C=O) groups is 1. The number of aromatic nitrogens is 1. The molecule has 1 heterocycles. The Morgan fingerprint density at radius 2 is 1.80 bits per heavy atom. The largest absolute Gasteiger partial charge is 0.481 e. The molecule has 1 aliphatic carbocycles. The number of halogens is 1. The molecule has 5 rings (SSSR count). The third kappa shape index (κ3) is 3.74. The maximum absolute atomic E-state index is 14.3. The molecule has 7 heteroatoms. The van der Waals surface area contributed by atoms with Gasteiger partial charge in [0.05, 0.1) is 15.8 Å². The zero-order valence-electron chi connectivity index (χ0n) is 19.5. The van der Waals surface area contributed by atoms with Crippen molar-refractivity contribution in [2.45, 2.75) is 49.3 Å². The van der Waals surface area contributed by atoms with Crippen LogP contribution in [0, 0.1) is 19.7 Å². The number of rotatable bonds is 5. The minimum atomic E-state index is -3.74. The second kappa shape index (κ2) is 8.34. The zero-order chi connectivity index (χ0) is 25.0. The van der Waals surface area contributed by atoms with Crippen LogP contribution < -0.4 is 0 Å². The fourth-order valence-electron chi connectivity index (χ4n) is 5.43. The first kappa shape index (κ1) is 23.3. The predicted octanol–water partition coefficient (Wildman–Crippen LogP) is 5.92. The van der Waals surface area contributed by atoms with Gasteiger partial charge in [-0.25, -0.2) is 16.8 Å². The molecular weight excluding hydrogens is 465 g/mol. The molecule has 1 aliphatic rings. The minimum absolute atomic E-state index is 0.0322. The van der Waals surface area contributed by atoms with E-state index in [2.05, 4.69) is 0 Å². The second-order valence-electron chi connectivity index (χ2n) is 9.49. The quantitative estimate of drug-likeness (QED) is 0.376. The summed E-state index contributed by atoms with van der Waals surface area (Å²) in [6.45, 7) is 3.53. The molecule has 0 saturated heterocycles. The molecule has 1 N–H and O–H groups in total. The summed E-state index contributed by atoms with van der Waals surface area (Å²) in [6.07, 6.45) is 2.98. The normalized spacial score (nSPS) is 20.4. The first-order valence-corrected chi connectivity index (χ1v) is 13.0. The molecule has 180 valence electrons. The molecule has 0 spiro atoms. The third-order valence-corrected chi connectivity index (χ3v) is 9.14. The Morgan fingerprint density at radius 3 is 2.51 bits per heavy atom. The van der Waals surface area contributed by atoms with Crippen LogP contribution in [0.2, 0.25) is 0 Å². The summed E-state index contributed by atoms with van der Waals surface area (Å²) in [5, 5.41) is 11.0. The van der Waals surface area contributed by atoms with Crippen molar-refractivity contribution >= 4 is 26.9 Å². The van der Waals surface area contributed by atoms with Crippen molar-refractivity contribution < 1.29 is 22.7 Å². The SMILES string of the molecule is Cc1ccc(S(=O)(=O)n2ccc3cc(C4CCC(C(=O)O)(c5cccc(F)c5C)C4)ccc32)cc1. The van der Waals surface area contributed by atoms with Gasteiger partial charge in [0.1, 0.15) is 5.82 Å². The van der Waals surface area contributed by atoms with Gasteiger partial charge in [-0.1, -0.05) is 35.9 Å². The van der Waals surface area contributed by atoms with Gasteiger partial charge in [-0.15, -0.1) is 0 Å². The van der Waals surface area contributed by atoms with Gasteiger partial charge in [0, 0.05) is 11.6 Å².